The third kappa shape index (κ3) is 3.13. The van der Waals surface area contributed by atoms with Crippen molar-refractivity contribution in [3.63, 3.8) is 0 Å². The van der Waals surface area contributed by atoms with Gasteiger partial charge >= 0.3 is 0 Å². The van der Waals surface area contributed by atoms with Crippen LogP contribution < -0.4 is 0 Å². The minimum absolute atomic E-state index is 0.412. The Labute approximate surface area is 81.9 Å². The molecule has 0 aromatic carbocycles. The van der Waals surface area contributed by atoms with Crippen LogP contribution >= 0.6 is 0 Å². The Kier molecular flexibility index (Phi) is 4.47. The number of hydrogen-bond acceptors (Lipinski definition) is 1. The second-order valence-electron chi connectivity index (χ2n) is 4.38. The molecule has 2 atom stereocenters. The van der Waals surface area contributed by atoms with E-state index in [1.54, 1.807) is 0 Å². The zero-order valence-corrected chi connectivity index (χ0v) is 9.01. The maximum Gasteiger partial charge on any atom is 0.135 e. The van der Waals surface area contributed by atoms with Crippen LogP contribution in [0.3, 0.4) is 0 Å². The topological polar surface area (TPSA) is 17.1 Å². The fourth-order valence-electron chi connectivity index (χ4n) is 2.50. The minimum Gasteiger partial charge on any atom is -0.299 e. The van der Waals surface area contributed by atoms with E-state index in [1.165, 1.54) is 19.3 Å². The van der Waals surface area contributed by atoms with Gasteiger partial charge in [-0.05, 0) is 25.2 Å². The molecule has 0 saturated heterocycles. The van der Waals surface area contributed by atoms with Crippen LogP contribution in [0.4, 0.5) is 0 Å². The van der Waals surface area contributed by atoms with Crippen LogP contribution in [0.15, 0.2) is 0 Å². The molecule has 76 valence electrons. The third-order valence-electron chi connectivity index (χ3n) is 3.21. The third-order valence-corrected chi connectivity index (χ3v) is 3.21. The van der Waals surface area contributed by atoms with Crippen molar-refractivity contribution in [1.82, 2.24) is 0 Å². The largest absolute Gasteiger partial charge is 0.299 e. The summed E-state index contributed by atoms with van der Waals surface area (Å²) in [5.74, 6) is 1.80. The van der Waals surface area contributed by atoms with Crippen LogP contribution in [0.5, 0.6) is 0 Å². The van der Waals surface area contributed by atoms with E-state index in [1.807, 2.05) is 0 Å². The van der Waals surface area contributed by atoms with E-state index < -0.39 is 0 Å². The Morgan fingerprint density at radius 2 is 1.92 bits per heavy atom. The number of carbonyl (C=O) groups is 1. The standard InChI is InChI=1S/C12H22O/c1-3-5-10-7-8-12(13)11(9-10)6-4-2/h10-11H,3-9H2,1-2H3. The van der Waals surface area contributed by atoms with Gasteiger partial charge in [0.2, 0.25) is 0 Å². The van der Waals surface area contributed by atoms with Crippen molar-refractivity contribution in [2.45, 2.75) is 58.8 Å². The van der Waals surface area contributed by atoms with E-state index in [-0.39, 0.29) is 0 Å². The summed E-state index contributed by atoms with van der Waals surface area (Å²) in [7, 11) is 0. The molecule has 0 aromatic heterocycles. The number of hydrogen-bond donors (Lipinski definition) is 0. The molecule has 1 aliphatic carbocycles. The van der Waals surface area contributed by atoms with Crippen molar-refractivity contribution in [1.29, 1.82) is 0 Å². The summed E-state index contributed by atoms with van der Waals surface area (Å²) in [5, 5.41) is 0. The first-order valence-electron chi connectivity index (χ1n) is 5.80. The summed E-state index contributed by atoms with van der Waals surface area (Å²) in [6.07, 6.45) is 8.09. The molecule has 0 spiro atoms. The smallest absolute Gasteiger partial charge is 0.135 e. The minimum atomic E-state index is 0.412. The van der Waals surface area contributed by atoms with Crippen LogP contribution in [-0.4, -0.2) is 5.78 Å². The number of rotatable bonds is 4. The highest BCUT2D eigenvalue weighted by molar-refractivity contribution is 5.81. The molecule has 1 rings (SSSR count). The first-order chi connectivity index (χ1) is 6.27. The molecule has 1 fully saturated rings. The van der Waals surface area contributed by atoms with Gasteiger partial charge in [0.25, 0.3) is 0 Å². The summed E-state index contributed by atoms with van der Waals surface area (Å²) >= 11 is 0. The molecule has 1 saturated carbocycles. The molecule has 0 heterocycles. The second-order valence-corrected chi connectivity index (χ2v) is 4.38. The lowest BCUT2D eigenvalue weighted by molar-refractivity contribution is -0.125. The van der Waals surface area contributed by atoms with Gasteiger partial charge in [-0.25, -0.2) is 0 Å². The van der Waals surface area contributed by atoms with Gasteiger partial charge in [-0.15, -0.1) is 0 Å². The number of Topliss-reactive ketones (excluding diaryl/α,β-unsaturated/α-hetero) is 1. The molecular weight excluding hydrogens is 160 g/mol. The van der Waals surface area contributed by atoms with Gasteiger partial charge in [0.1, 0.15) is 5.78 Å². The van der Waals surface area contributed by atoms with Gasteiger partial charge in [0.15, 0.2) is 0 Å². The van der Waals surface area contributed by atoms with Gasteiger partial charge in [0.05, 0.1) is 0 Å². The summed E-state index contributed by atoms with van der Waals surface area (Å²) in [4.78, 5) is 11.5. The van der Waals surface area contributed by atoms with Gasteiger partial charge < -0.3 is 0 Å². The van der Waals surface area contributed by atoms with Crippen molar-refractivity contribution in [3.8, 4) is 0 Å². The summed E-state index contributed by atoms with van der Waals surface area (Å²) < 4.78 is 0. The quantitative estimate of drug-likeness (QED) is 0.649. The van der Waals surface area contributed by atoms with E-state index in [9.17, 15) is 4.79 Å². The van der Waals surface area contributed by atoms with E-state index in [2.05, 4.69) is 13.8 Å². The molecule has 0 aliphatic heterocycles. The molecule has 13 heavy (non-hydrogen) atoms. The molecule has 0 aromatic rings. The highest BCUT2D eigenvalue weighted by Crippen LogP contribution is 2.31. The lowest BCUT2D eigenvalue weighted by atomic mass is 9.77. The van der Waals surface area contributed by atoms with Crippen LogP contribution in [0.2, 0.25) is 0 Å². The van der Waals surface area contributed by atoms with Gasteiger partial charge in [-0.3, -0.25) is 4.79 Å². The maximum absolute atomic E-state index is 11.5. The molecule has 1 nitrogen and oxygen atoms in total. The Morgan fingerprint density at radius 1 is 1.23 bits per heavy atom. The summed E-state index contributed by atoms with van der Waals surface area (Å²) in [6, 6.07) is 0. The predicted molar refractivity (Wildman–Crippen MR) is 55.7 cm³/mol. The molecule has 0 amide bonds. The second kappa shape index (κ2) is 5.41. The van der Waals surface area contributed by atoms with Crippen LogP contribution in [0.25, 0.3) is 0 Å². The fourth-order valence-corrected chi connectivity index (χ4v) is 2.50. The zero-order chi connectivity index (χ0) is 9.68. The fraction of sp³-hybridized carbons (Fsp3) is 0.917. The predicted octanol–water partition coefficient (Wildman–Crippen LogP) is 3.57. The van der Waals surface area contributed by atoms with E-state index in [0.29, 0.717) is 11.7 Å². The van der Waals surface area contributed by atoms with Gasteiger partial charge in [0, 0.05) is 12.3 Å². The molecule has 1 aliphatic rings. The number of carbonyl (C=O) groups excluding carboxylic acids is 1. The zero-order valence-electron chi connectivity index (χ0n) is 9.01. The highest BCUT2D eigenvalue weighted by Gasteiger charge is 2.26. The number of ketones is 1. The summed E-state index contributed by atoms with van der Waals surface area (Å²) in [5.41, 5.74) is 0. The highest BCUT2D eigenvalue weighted by atomic mass is 16.1. The van der Waals surface area contributed by atoms with Crippen molar-refractivity contribution in [2.75, 3.05) is 0 Å². The van der Waals surface area contributed by atoms with Crippen LogP contribution in [0.1, 0.15) is 58.8 Å². The van der Waals surface area contributed by atoms with E-state index >= 15 is 0 Å². The Morgan fingerprint density at radius 3 is 2.54 bits per heavy atom. The van der Waals surface area contributed by atoms with Gasteiger partial charge in [-0.2, -0.15) is 0 Å². The van der Waals surface area contributed by atoms with Crippen molar-refractivity contribution in [3.05, 3.63) is 0 Å². The first-order valence-corrected chi connectivity index (χ1v) is 5.80. The monoisotopic (exact) mass is 182 g/mol. The SMILES string of the molecule is CCCC1CCC(=O)C(CCC)C1. The lowest BCUT2D eigenvalue weighted by Gasteiger charge is -2.27. The van der Waals surface area contributed by atoms with Crippen LogP contribution in [0, 0.1) is 11.8 Å². The van der Waals surface area contributed by atoms with Crippen molar-refractivity contribution < 1.29 is 4.79 Å². The normalized spacial score (nSPS) is 29.2. The van der Waals surface area contributed by atoms with Crippen molar-refractivity contribution in [2.24, 2.45) is 11.8 Å². The Bertz CT molecular complexity index is 163. The van der Waals surface area contributed by atoms with Gasteiger partial charge in [-0.1, -0.05) is 33.1 Å². The summed E-state index contributed by atoms with van der Waals surface area (Å²) in [6.45, 7) is 4.42. The average Bonchev–Trinajstić information content (AvgIpc) is 2.12. The molecule has 2 unspecified atom stereocenters. The first kappa shape index (κ1) is 10.7. The van der Waals surface area contributed by atoms with E-state index in [4.69, 9.17) is 0 Å². The molecule has 1 heteroatoms. The molecule has 0 radical (unpaired) electrons. The maximum atomic E-state index is 11.5. The Balaban J connectivity index is 2.38. The molecule has 0 N–H and O–H groups in total. The Hall–Kier alpha value is -0.330. The average molecular weight is 182 g/mol. The lowest BCUT2D eigenvalue weighted by Crippen LogP contribution is -2.24. The molecule has 0 bridgehead atoms. The van der Waals surface area contributed by atoms with E-state index in [0.717, 1.165) is 31.6 Å². The van der Waals surface area contributed by atoms with Crippen molar-refractivity contribution >= 4 is 5.78 Å². The molecular formula is C12H22O. The van der Waals surface area contributed by atoms with Crippen LogP contribution in [-0.2, 0) is 4.79 Å².